The minimum atomic E-state index is -0.112. The summed E-state index contributed by atoms with van der Waals surface area (Å²) < 4.78 is 1.07. The number of hydrogen-bond acceptors (Lipinski definition) is 2. The number of hydrogen-bond donors (Lipinski definition) is 2. The highest BCUT2D eigenvalue weighted by atomic mass is 79.9. The van der Waals surface area contributed by atoms with Gasteiger partial charge in [-0.05, 0) is 61.7 Å². The molecule has 0 heterocycles. The molecule has 2 rings (SSSR count). The number of halogens is 1. The summed E-state index contributed by atoms with van der Waals surface area (Å²) in [6.07, 6.45) is 0. The normalized spacial score (nSPS) is 10.4. The molecule has 2 aromatic carbocycles. The molecule has 20 heavy (non-hydrogen) atoms. The van der Waals surface area contributed by atoms with Gasteiger partial charge in [0.05, 0.1) is 0 Å². The highest BCUT2D eigenvalue weighted by Crippen LogP contribution is 2.25. The van der Waals surface area contributed by atoms with Crippen molar-refractivity contribution >= 4 is 40.2 Å². The second-order valence-corrected chi connectivity index (χ2v) is 6.19. The van der Waals surface area contributed by atoms with Crippen molar-refractivity contribution in [3.05, 3.63) is 57.1 Å². The van der Waals surface area contributed by atoms with Crippen molar-refractivity contribution in [1.82, 2.24) is 0 Å². The SMILES string of the molecule is Cc1ccc(S)cc1C(=O)Nc1cc(C)c(Br)c(C)c1. The van der Waals surface area contributed by atoms with Crippen molar-refractivity contribution < 1.29 is 4.79 Å². The van der Waals surface area contributed by atoms with Gasteiger partial charge in [0.2, 0.25) is 0 Å². The van der Waals surface area contributed by atoms with Crippen LogP contribution in [0.3, 0.4) is 0 Å². The molecule has 4 heteroatoms. The van der Waals surface area contributed by atoms with Crippen LogP contribution in [0.25, 0.3) is 0 Å². The van der Waals surface area contributed by atoms with Crippen LogP contribution in [0.4, 0.5) is 5.69 Å². The number of aryl methyl sites for hydroxylation is 3. The van der Waals surface area contributed by atoms with E-state index in [9.17, 15) is 4.79 Å². The third-order valence-corrected chi connectivity index (χ3v) is 4.69. The number of benzene rings is 2. The zero-order valence-electron chi connectivity index (χ0n) is 11.6. The fourth-order valence-corrected chi connectivity index (χ4v) is 2.50. The molecule has 0 aliphatic rings. The van der Waals surface area contributed by atoms with Crippen LogP contribution in [-0.4, -0.2) is 5.91 Å². The van der Waals surface area contributed by atoms with Crippen LogP contribution in [0, 0.1) is 20.8 Å². The predicted molar refractivity (Wildman–Crippen MR) is 90.0 cm³/mol. The lowest BCUT2D eigenvalue weighted by molar-refractivity contribution is 0.102. The van der Waals surface area contributed by atoms with Gasteiger partial charge in [-0.2, -0.15) is 0 Å². The van der Waals surface area contributed by atoms with Crippen molar-refractivity contribution in [2.75, 3.05) is 5.32 Å². The maximum Gasteiger partial charge on any atom is 0.255 e. The van der Waals surface area contributed by atoms with Gasteiger partial charge in [-0.1, -0.05) is 22.0 Å². The molecule has 0 unspecified atom stereocenters. The van der Waals surface area contributed by atoms with Gasteiger partial charge in [0.15, 0.2) is 0 Å². The second kappa shape index (κ2) is 6.02. The molecule has 0 saturated carbocycles. The molecule has 0 aliphatic carbocycles. The van der Waals surface area contributed by atoms with Crippen LogP contribution < -0.4 is 5.32 Å². The van der Waals surface area contributed by atoms with E-state index in [1.54, 1.807) is 6.07 Å². The van der Waals surface area contributed by atoms with Gasteiger partial charge in [-0.3, -0.25) is 4.79 Å². The Hall–Kier alpha value is -1.26. The molecule has 0 spiro atoms. The molecule has 0 atom stereocenters. The van der Waals surface area contributed by atoms with Gasteiger partial charge in [0.1, 0.15) is 0 Å². The van der Waals surface area contributed by atoms with Crippen molar-refractivity contribution in [3.8, 4) is 0 Å². The van der Waals surface area contributed by atoms with Gasteiger partial charge in [0, 0.05) is 20.6 Å². The number of anilines is 1. The smallest absolute Gasteiger partial charge is 0.255 e. The lowest BCUT2D eigenvalue weighted by Gasteiger charge is -2.11. The third-order valence-electron chi connectivity index (χ3n) is 3.16. The predicted octanol–water partition coefficient (Wildman–Crippen LogP) is 4.92. The first-order valence-corrected chi connectivity index (χ1v) is 7.50. The molecule has 0 radical (unpaired) electrons. The second-order valence-electron chi connectivity index (χ2n) is 4.88. The summed E-state index contributed by atoms with van der Waals surface area (Å²) in [4.78, 5) is 13.1. The van der Waals surface area contributed by atoms with Gasteiger partial charge >= 0.3 is 0 Å². The molecule has 0 bridgehead atoms. The molecular formula is C16H16BrNOS. The van der Waals surface area contributed by atoms with Gasteiger partial charge in [-0.15, -0.1) is 12.6 Å². The Morgan fingerprint density at radius 3 is 2.25 bits per heavy atom. The van der Waals surface area contributed by atoms with Crippen LogP contribution in [-0.2, 0) is 0 Å². The topological polar surface area (TPSA) is 29.1 Å². The highest BCUT2D eigenvalue weighted by Gasteiger charge is 2.11. The van der Waals surface area contributed by atoms with Crippen LogP contribution in [0.5, 0.6) is 0 Å². The summed E-state index contributed by atoms with van der Waals surface area (Å²) in [6.45, 7) is 5.93. The van der Waals surface area contributed by atoms with Crippen molar-refractivity contribution in [2.45, 2.75) is 25.7 Å². The summed E-state index contributed by atoms with van der Waals surface area (Å²) in [5.41, 5.74) is 4.58. The summed E-state index contributed by atoms with van der Waals surface area (Å²) in [6, 6.07) is 9.47. The average Bonchev–Trinajstić information content (AvgIpc) is 2.38. The number of nitrogens with one attached hydrogen (secondary N) is 1. The standard InChI is InChI=1S/C16H16BrNOS/c1-9-4-5-13(20)8-14(9)16(19)18-12-6-10(2)15(17)11(3)7-12/h4-8,20H,1-3H3,(H,18,19). The van der Waals surface area contributed by atoms with E-state index in [1.165, 1.54) is 0 Å². The zero-order valence-corrected chi connectivity index (χ0v) is 14.1. The van der Waals surface area contributed by atoms with Crippen molar-refractivity contribution in [1.29, 1.82) is 0 Å². The minimum Gasteiger partial charge on any atom is -0.322 e. The summed E-state index contributed by atoms with van der Waals surface area (Å²) in [7, 11) is 0. The molecule has 2 nitrogen and oxygen atoms in total. The first kappa shape index (κ1) is 15.1. The van der Waals surface area contributed by atoms with Gasteiger partial charge < -0.3 is 5.32 Å². The number of carbonyl (C=O) groups excluding carboxylic acids is 1. The zero-order chi connectivity index (χ0) is 14.9. The Morgan fingerprint density at radius 1 is 1.05 bits per heavy atom. The Bertz CT molecular complexity index is 659. The highest BCUT2D eigenvalue weighted by molar-refractivity contribution is 9.10. The van der Waals surface area contributed by atoms with E-state index in [0.717, 1.165) is 31.7 Å². The fourth-order valence-electron chi connectivity index (χ4n) is 2.07. The number of rotatable bonds is 2. The lowest BCUT2D eigenvalue weighted by Crippen LogP contribution is -2.13. The fraction of sp³-hybridized carbons (Fsp3) is 0.188. The van der Waals surface area contributed by atoms with Gasteiger partial charge in [-0.25, -0.2) is 0 Å². The molecule has 0 aromatic heterocycles. The van der Waals surface area contributed by atoms with E-state index in [1.807, 2.05) is 45.0 Å². The van der Waals surface area contributed by atoms with Crippen LogP contribution in [0.2, 0.25) is 0 Å². The minimum absolute atomic E-state index is 0.112. The first-order chi connectivity index (χ1) is 9.38. The summed E-state index contributed by atoms with van der Waals surface area (Å²) >= 11 is 7.80. The number of thiol groups is 1. The van der Waals surface area contributed by atoms with E-state index >= 15 is 0 Å². The number of amides is 1. The maximum absolute atomic E-state index is 12.3. The first-order valence-electron chi connectivity index (χ1n) is 6.26. The van der Waals surface area contributed by atoms with Gasteiger partial charge in [0.25, 0.3) is 5.91 Å². The number of carbonyl (C=O) groups is 1. The van der Waals surface area contributed by atoms with E-state index < -0.39 is 0 Å². The molecule has 0 fully saturated rings. The third kappa shape index (κ3) is 3.25. The van der Waals surface area contributed by atoms with Crippen molar-refractivity contribution in [3.63, 3.8) is 0 Å². The summed E-state index contributed by atoms with van der Waals surface area (Å²) in [5, 5.41) is 2.94. The maximum atomic E-state index is 12.3. The Balaban J connectivity index is 2.30. The van der Waals surface area contributed by atoms with Crippen LogP contribution in [0.15, 0.2) is 39.7 Å². The molecule has 0 saturated heterocycles. The molecular weight excluding hydrogens is 334 g/mol. The monoisotopic (exact) mass is 349 g/mol. The van der Waals surface area contributed by atoms with E-state index in [4.69, 9.17) is 0 Å². The largest absolute Gasteiger partial charge is 0.322 e. The Labute approximate surface area is 133 Å². The quantitative estimate of drug-likeness (QED) is 0.740. The van der Waals surface area contributed by atoms with E-state index in [0.29, 0.717) is 5.56 Å². The average molecular weight is 350 g/mol. The van der Waals surface area contributed by atoms with Crippen molar-refractivity contribution in [2.24, 2.45) is 0 Å². The molecule has 0 aliphatic heterocycles. The van der Waals surface area contributed by atoms with E-state index in [-0.39, 0.29) is 5.91 Å². The molecule has 2 aromatic rings. The Morgan fingerprint density at radius 2 is 1.65 bits per heavy atom. The van der Waals surface area contributed by atoms with Crippen LogP contribution >= 0.6 is 28.6 Å². The lowest BCUT2D eigenvalue weighted by atomic mass is 10.1. The Kier molecular flexibility index (Phi) is 4.55. The summed E-state index contributed by atoms with van der Waals surface area (Å²) in [5.74, 6) is -0.112. The molecule has 1 amide bonds. The molecule has 104 valence electrons. The van der Waals surface area contributed by atoms with E-state index in [2.05, 4.69) is 33.9 Å². The van der Waals surface area contributed by atoms with Crippen LogP contribution in [0.1, 0.15) is 27.0 Å². The molecule has 1 N–H and O–H groups in total.